The second-order valence-electron chi connectivity index (χ2n) is 6.41. The average Bonchev–Trinajstić information content (AvgIpc) is 3.29. The number of nitrogens with zero attached hydrogens (tertiary/aromatic N) is 2. The molecule has 1 aromatic heterocycles. The SMILES string of the molecule is O=C1S/C(=C\c2ccc(Sc3ccc(Cl)cc3)s2)C(=O)N1Cc1cccc([N+](=O)[O-])c1. The minimum atomic E-state index is -0.506. The maximum Gasteiger partial charge on any atom is 0.293 e. The van der Waals surface area contributed by atoms with Crippen molar-refractivity contribution in [3.63, 3.8) is 0 Å². The van der Waals surface area contributed by atoms with E-state index in [-0.39, 0.29) is 12.2 Å². The zero-order chi connectivity index (χ0) is 22.0. The number of nitro groups is 1. The number of hydrogen-bond donors (Lipinski definition) is 0. The quantitative estimate of drug-likeness (QED) is 0.218. The summed E-state index contributed by atoms with van der Waals surface area (Å²) in [6.45, 7) is -0.00814. The summed E-state index contributed by atoms with van der Waals surface area (Å²) in [6, 6.07) is 17.3. The fraction of sp³-hybridized carbons (Fsp3) is 0.0476. The van der Waals surface area contributed by atoms with Crippen molar-refractivity contribution in [2.45, 2.75) is 15.6 Å². The van der Waals surface area contributed by atoms with Gasteiger partial charge in [-0.1, -0.05) is 35.5 Å². The molecule has 0 radical (unpaired) electrons. The van der Waals surface area contributed by atoms with Crippen molar-refractivity contribution >= 4 is 69.4 Å². The minimum absolute atomic E-state index is 0.00814. The highest BCUT2D eigenvalue weighted by molar-refractivity contribution is 8.18. The Balaban J connectivity index is 1.47. The molecule has 31 heavy (non-hydrogen) atoms. The number of non-ortho nitro benzene ring substituents is 1. The number of nitro benzene ring substituents is 1. The number of imide groups is 1. The van der Waals surface area contributed by atoms with Crippen molar-refractivity contribution in [2.75, 3.05) is 0 Å². The number of hydrogen-bond acceptors (Lipinski definition) is 7. The Labute approximate surface area is 195 Å². The van der Waals surface area contributed by atoms with Crippen LogP contribution in [0.2, 0.25) is 5.02 Å². The highest BCUT2D eigenvalue weighted by Crippen LogP contribution is 2.38. The second kappa shape index (κ2) is 9.27. The monoisotopic (exact) mass is 488 g/mol. The van der Waals surface area contributed by atoms with Crippen LogP contribution in [0, 0.1) is 10.1 Å². The molecule has 0 N–H and O–H groups in total. The molecule has 4 rings (SSSR count). The lowest BCUT2D eigenvalue weighted by Crippen LogP contribution is -2.27. The Kier molecular flexibility index (Phi) is 6.47. The van der Waals surface area contributed by atoms with Gasteiger partial charge < -0.3 is 0 Å². The van der Waals surface area contributed by atoms with Gasteiger partial charge in [0.05, 0.1) is 20.6 Å². The van der Waals surface area contributed by atoms with Gasteiger partial charge in [0.15, 0.2) is 0 Å². The number of benzene rings is 2. The van der Waals surface area contributed by atoms with Gasteiger partial charge >= 0.3 is 0 Å². The van der Waals surface area contributed by atoms with Gasteiger partial charge in [-0.2, -0.15) is 0 Å². The third kappa shape index (κ3) is 5.19. The summed E-state index contributed by atoms with van der Waals surface area (Å²) >= 11 is 9.89. The maximum atomic E-state index is 12.7. The minimum Gasteiger partial charge on any atom is -0.268 e. The fourth-order valence-corrected chi connectivity index (χ4v) is 5.90. The maximum absolute atomic E-state index is 12.7. The van der Waals surface area contributed by atoms with E-state index in [1.807, 2.05) is 36.4 Å². The third-order valence-electron chi connectivity index (χ3n) is 4.24. The first-order valence-corrected chi connectivity index (χ1v) is 11.7. The van der Waals surface area contributed by atoms with Crippen molar-refractivity contribution in [3.8, 4) is 0 Å². The molecule has 2 amide bonds. The smallest absolute Gasteiger partial charge is 0.268 e. The van der Waals surface area contributed by atoms with Crippen LogP contribution >= 0.6 is 46.5 Å². The molecule has 2 heterocycles. The molecule has 0 unspecified atom stereocenters. The average molecular weight is 489 g/mol. The topological polar surface area (TPSA) is 80.5 Å². The molecule has 0 spiro atoms. The van der Waals surface area contributed by atoms with Crippen molar-refractivity contribution in [1.29, 1.82) is 0 Å². The van der Waals surface area contributed by atoms with Crippen LogP contribution in [0.25, 0.3) is 6.08 Å². The van der Waals surface area contributed by atoms with Crippen LogP contribution in [0.3, 0.4) is 0 Å². The molecular formula is C21H13ClN2O4S3. The molecule has 1 aliphatic rings. The standard InChI is InChI=1S/C21H13ClN2O4S3/c22-14-4-6-16(7-5-14)29-19-9-8-17(30-19)11-18-20(25)23(21(26)31-18)12-13-2-1-3-15(10-13)24(27)28/h1-11H,12H2/b18-11-. The fourth-order valence-electron chi connectivity index (χ4n) is 2.80. The summed E-state index contributed by atoms with van der Waals surface area (Å²) in [4.78, 5) is 38.9. The van der Waals surface area contributed by atoms with Crippen LogP contribution in [0.15, 0.2) is 74.7 Å². The molecule has 156 valence electrons. The summed E-state index contributed by atoms with van der Waals surface area (Å²) in [5.41, 5.74) is 0.444. The van der Waals surface area contributed by atoms with E-state index in [1.165, 1.54) is 29.5 Å². The molecule has 3 aromatic rings. The van der Waals surface area contributed by atoms with Crippen LogP contribution < -0.4 is 0 Å². The largest absolute Gasteiger partial charge is 0.293 e. The summed E-state index contributed by atoms with van der Waals surface area (Å²) in [5, 5.41) is 11.2. The number of halogens is 1. The Morgan fingerprint density at radius 1 is 1.10 bits per heavy atom. The Hall–Kier alpha value is -2.59. The normalized spacial score (nSPS) is 15.1. The van der Waals surface area contributed by atoms with Crippen molar-refractivity contribution < 1.29 is 14.5 Å². The van der Waals surface area contributed by atoms with Gasteiger partial charge in [0.2, 0.25) is 0 Å². The molecule has 0 atom stereocenters. The molecule has 1 saturated heterocycles. The van der Waals surface area contributed by atoms with E-state index >= 15 is 0 Å². The van der Waals surface area contributed by atoms with Crippen LogP contribution in [0.5, 0.6) is 0 Å². The molecule has 2 aromatic carbocycles. The highest BCUT2D eigenvalue weighted by Gasteiger charge is 2.35. The highest BCUT2D eigenvalue weighted by atomic mass is 35.5. The Bertz CT molecular complexity index is 1210. The van der Waals surface area contributed by atoms with Gasteiger partial charge in [0.1, 0.15) is 0 Å². The summed E-state index contributed by atoms with van der Waals surface area (Å²) in [6.07, 6.45) is 1.70. The van der Waals surface area contributed by atoms with E-state index in [0.717, 1.165) is 30.6 Å². The molecule has 1 fully saturated rings. The number of carbonyl (C=O) groups is 2. The molecular weight excluding hydrogens is 476 g/mol. The van der Waals surface area contributed by atoms with Gasteiger partial charge in [-0.3, -0.25) is 24.6 Å². The van der Waals surface area contributed by atoms with Crippen LogP contribution in [-0.2, 0) is 11.3 Å². The molecule has 0 bridgehead atoms. The van der Waals surface area contributed by atoms with E-state index in [0.29, 0.717) is 15.5 Å². The van der Waals surface area contributed by atoms with E-state index in [9.17, 15) is 19.7 Å². The first kappa shape index (κ1) is 21.6. The molecule has 1 aliphatic heterocycles. The molecule has 10 heteroatoms. The lowest BCUT2D eigenvalue weighted by Gasteiger charge is -2.12. The van der Waals surface area contributed by atoms with Crippen molar-refractivity contribution in [3.05, 3.63) is 91.1 Å². The van der Waals surface area contributed by atoms with Gasteiger partial charge in [-0.25, -0.2) is 0 Å². The first-order chi connectivity index (χ1) is 14.9. The Morgan fingerprint density at radius 2 is 1.87 bits per heavy atom. The van der Waals surface area contributed by atoms with Gasteiger partial charge in [-0.15, -0.1) is 11.3 Å². The second-order valence-corrected chi connectivity index (χ2v) is 10.3. The lowest BCUT2D eigenvalue weighted by atomic mass is 10.2. The summed E-state index contributed by atoms with van der Waals surface area (Å²) < 4.78 is 1.05. The predicted octanol–water partition coefficient (Wildman–Crippen LogP) is 6.70. The Morgan fingerprint density at radius 3 is 2.61 bits per heavy atom. The van der Waals surface area contributed by atoms with E-state index < -0.39 is 16.1 Å². The van der Waals surface area contributed by atoms with E-state index in [1.54, 1.807) is 23.9 Å². The summed E-state index contributed by atoms with van der Waals surface area (Å²) in [7, 11) is 0. The predicted molar refractivity (Wildman–Crippen MR) is 125 cm³/mol. The zero-order valence-electron chi connectivity index (χ0n) is 15.7. The zero-order valence-corrected chi connectivity index (χ0v) is 18.9. The number of rotatable bonds is 6. The molecule has 0 saturated carbocycles. The van der Waals surface area contributed by atoms with E-state index in [2.05, 4.69) is 0 Å². The van der Waals surface area contributed by atoms with Gasteiger partial charge in [0.25, 0.3) is 16.8 Å². The number of thiophene rings is 1. The van der Waals surface area contributed by atoms with Crippen molar-refractivity contribution in [2.24, 2.45) is 0 Å². The molecule has 6 nitrogen and oxygen atoms in total. The van der Waals surface area contributed by atoms with Crippen molar-refractivity contribution in [1.82, 2.24) is 4.90 Å². The first-order valence-electron chi connectivity index (χ1n) is 8.91. The number of carbonyl (C=O) groups excluding carboxylic acids is 2. The van der Waals surface area contributed by atoms with Gasteiger partial charge in [-0.05, 0) is 59.8 Å². The van der Waals surface area contributed by atoms with Gasteiger partial charge in [0, 0.05) is 26.9 Å². The van der Waals surface area contributed by atoms with Crippen LogP contribution in [0.1, 0.15) is 10.4 Å². The molecule has 0 aliphatic carbocycles. The number of amides is 2. The lowest BCUT2D eigenvalue weighted by molar-refractivity contribution is -0.384. The third-order valence-corrected chi connectivity index (χ3v) is 7.57. The van der Waals surface area contributed by atoms with E-state index in [4.69, 9.17) is 11.6 Å². The van der Waals surface area contributed by atoms with Crippen LogP contribution in [-0.4, -0.2) is 21.0 Å². The number of thioether (sulfide) groups is 1. The summed E-state index contributed by atoms with van der Waals surface area (Å²) in [5.74, 6) is -0.401. The van der Waals surface area contributed by atoms with Crippen LogP contribution in [0.4, 0.5) is 10.5 Å².